The second-order valence-electron chi connectivity index (χ2n) is 5.89. The number of para-hydroxylation sites is 1. The Morgan fingerprint density at radius 2 is 2.09 bits per heavy atom. The Morgan fingerprint density at radius 1 is 1.26 bits per heavy atom. The van der Waals surface area contributed by atoms with Crippen LogP contribution in [0, 0.1) is 13.8 Å². The molecule has 0 radical (unpaired) electrons. The van der Waals surface area contributed by atoms with Gasteiger partial charge in [0, 0.05) is 18.1 Å². The van der Waals surface area contributed by atoms with Crippen LogP contribution in [0.5, 0.6) is 0 Å². The predicted molar refractivity (Wildman–Crippen MR) is 92.8 cm³/mol. The predicted octanol–water partition coefficient (Wildman–Crippen LogP) is 3.69. The molecule has 2 heterocycles. The second kappa shape index (κ2) is 6.24. The van der Waals surface area contributed by atoms with Crippen LogP contribution in [0.4, 0.5) is 5.69 Å². The fourth-order valence-corrected chi connectivity index (χ4v) is 2.77. The van der Waals surface area contributed by atoms with Crippen LogP contribution in [-0.2, 0) is 17.6 Å². The number of benzene rings is 1. The molecule has 118 valence electrons. The molecule has 0 saturated heterocycles. The molecule has 0 atom stereocenters. The van der Waals surface area contributed by atoms with Gasteiger partial charge in [-0.25, -0.2) is 4.98 Å². The molecule has 0 aliphatic rings. The van der Waals surface area contributed by atoms with Gasteiger partial charge in [0.1, 0.15) is 5.65 Å². The lowest BCUT2D eigenvalue weighted by Gasteiger charge is -2.12. The summed E-state index contributed by atoms with van der Waals surface area (Å²) in [5.74, 6) is -0.0332. The smallest absolute Gasteiger partial charge is 0.230 e. The van der Waals surface area contributed by atoms with E-state index in [4.69, 9.17) is 0 Å². The van der Waals surface area contributed by atoms with Crippen molar-refractivity contribution in [3.05, 3.63) is 65.1 Å². The first kappa shape index (κ1) is 15.3. The SMILES string of the molecule is CCc1cccc(C)c1NC(=O)Cc1cn2ccc(C)cc2n1. The Labute approximate surface area is 136 Å². The summed E-state index contributed by atoms with van der Waals surface area (Å²) in [7, 11) is 0. The molecule has 23 heavy (non-hydrogen) atoms. The highest BCUT2D eigenvalue weighted by molar-refractivity contribution is 5.93. The highest BCUT2D eigenvalue weighted by atomic mass is 16.1. The summed E-state index contributed by atoms with van der Waals surface area (Å²) in [4.78, 5) is 16.9. The number of pyridine rings is 1. The van der Waals surface area contributed by atoms with Gasteiger partial charge in [0.25, 0.3) is 0 Å². The maximum atomic E-state index is 12.4. The summed E-state index contributed by atoms with van der Waals surface area (Å²) >= 11 is 0. The molecule has 1 N–H and O–H groups in total. The summed E-state index contributed by atoms with van der Waals surface area (Å²) in [5, 5.41) is 3.05. The van der Waals surface area contributed by atoms with Crippen molar-refractivity contribution in [2.75, 3.05) is 5.32 Å². The third-order valence-corrected chi connectivity index (χ3v) is 4.01. The summed E-state index contributed by atoms with van der Waals surface area (Å²) < 4.78 is 1.95. The van der Waals surface area contributed by atoms with Crippen LogP contribution < -0.4 is 5.32 Å². The summed E-state index contributed by atoms with van der Waals surface area (Å²) in [5.41, 5.74) is 5.98. The molecule has 0 fully saturated rings. The van der Waals surface area contributed by atoms with Gasteiger partial charge in [-0.15, -0.1) is 0 Å². The molecule has 0 aliphatic carbocycles. The van der Waals surface area contributed by atoms with E-state index in [-0.39, 0.29) is 12.3 Å². The zero-order valence-electron chi connectivity index (χ0n) is 13.8. The largest absolute Gasteiger partial charge is 0.325 e. The number of anilines is 1. The van der Waals surface area contributed by atoms with Gasteiger partial charge in [0.05, 0.1) is 12.1 Å². The molecular weight excluding hydrogens is 286 g/mol. The molecule has 4 heteroatoms. The highest BCUT2D eigenvalue weighted by Crippen LogP contribution is 2.21. The molecule has 0 spiro atoms. The van der Waals surface area contributed by atoms with Crippen LogP contribution in [0.25, 0.3) is 5.65 Å². The second-order valence-corrected chi connectivity index (χ2v) is 5.89. The Hall–Kier alpha value is -2.62. The topological polar surface area (TPSA) is 46.4 Å². The molecule has 1 amide bonds. The van der Waals surface area contributed by atoms with Crippen LogP contribution >= 0.6 is 0 Å². The molecule has 0 bridgehead atoms. The molecule has 4 nitrogen and oxygen atoms in total. The molecule has 0 unspecified atom stereocenters. The van der Waals surface area contributed by atoms with Crippen molar-refractivity contribution in [1.29, 1.82) is 0 Å². The van der Waals surface area contributed by atoms with E-state index in [1.54, 1.807) is 0 Å². The monoisotopic (exact) mass is 307 g/mol. The number of aromatic nitrogens is 2. The quantitative estimate of drug-likeness (QED) is 0.799. The van der Waals surface area contributed by atoms with Gasteiger partial charge in [-0.05, 0) is 49.1 Å². The fraction of sp³-hybridized carbons (Fsp3) is 0.263. The zero-order chi connectivity index (χ0) is 16.4. The van der Waals surface area contributed by atoms with E-state index in [0.29, 0.717) is 0 Å². The first-order chi connectivity index (χ1) is 11.1. The summed E-state index contributed by atoms with van der Waals surface area (Å²) in [6.07, 6.45) is 5.05. The molecule has 3 rings (SSSR count). The summed E-state index contributed by atoms with van der Waals surface area (Å²) in [6.45, 7) is 6.14. The number of aryl methyl sites for hydroxylation is 3. The van der Waals surface area contributed by atoms with Gasteiger partial charge in [-0.2, -0.15) is 0 Å². The van der Waals surface area contributed by atoms with Crippen molar-refractivity contribution in [1.82, 2.24) is 9.38 Å². The fourth-order valence-electron chi connectivity index (χ4n) is 2.77. The highest BCUT2D eigenvalue weighted by Gasteiger charge is 2.11. The Morgan fingerprint density at radius 3 is 2.87 bits per heavy atom. The van der Waals surface area contributed by atoms with Crippen molar-refractivity contribution in [3.63, 3.8) is 0 Å². The Kier molecular flexibility index (Phi) is 4.15. The van der Waals surface area contributed by atoms with Crippen LogP contribution in [0.2, 0.25) is 0 Å². The van der Waals surface area contributed by atoms with Crippen molar-refractivity contribution in [3.8, 4) is 0 Å². The van der Waals surface area contributed by atoms with Gasteiger partial charge in [0.15, 0.2) is 0 Å². The van der Waals surface area contributed by atoms with Crippen LogP contribution in [0.15, 0.2) is 42.7 Å². The van der Waals surface area contributed by atoms with Gasteiger partial charge < -0.3 is 9.72 Å². The number of fused-ring (bicyclic) bond motifs is 1. The minimum absolute atomic E-state index is 0.0332. The van der Waals surface area contributed by atoms with E-state index < -0.39 is 0 Å². The van der Waals surface area contributed by atoms with Crippen molar-refractivity contribution < 1.29 is 4.79 Å². The van der Waals surface area contributed by atoms with Crippen molar-refractivity contribution >= 4 is 17.2 Å². The number of nitrogens with one attached hydrogen (secondary N) is 1. The maximum absolute atomic E-state index is 12.4. The average molecular weight is 307 g/mol. The van der Waals surface area contributed by atoms with Crippen LogP contribution in [0.1, 0.15) is 29.3 Å². The number of carbonyl (C=O) groups is 1. The number of hydrogen-bond acceptors (Lipinski definition) is 2. The molecule has 3 aromatic rings. The normalized spacial score (nSPS) is 10.9. The van der Waals surface area contributed by atoms with E-state index in [2.05, 4.69) is 23.3 Å². The zero-order valence-corrected chi connectivity index (χ0v) is 13.8. The van der Waals surface area contributed by atoms with Gasteiger partial charge in [-0.3, -0.25) is 4.79 Å². The van der Waals surface area contributed by atoms with Crippen molar-refractivity contribution in [2.24, 2.45) is 0 Å². The first-order valence-corrected chi connectivity index (χ1v) is 7.89. The number of hydrogen-bond donors (Lipinski definition) is 1. The van der Waals surface area contributed by atoms with E-state index >= 15 is 0 Å². The standard InChI is InChI=1S/C19H21N3O/c1-4-15-7-5-6-14(3)19(15)21-18(23)11-16-12-22-9-8-13(2)10-17(22)20-16/h5-10,12H,4,11H2,1-3H3,(H,21,23). The lowest BCUT2D eigenvalue weighted by molar-refractivity contribution is -0.115. The third-order valence-electron chi connectivity index (χ3n) is 4.01. The minimum atomic E-state index is -0.0332. The van der Waals surface area contributed by atoms with Crippen LogP contribution in [-0.4, -0.2) is 15.3 Å². The molecule has 1 aromatic carbocycles. The molecule has 0 saturated carbocycles. The van der Waals surface area contributed by atoms with Gasteiger partial charge >= 0.3 is 0 Å². The van der Waals surface area contributed by atoms with Gasteiger partial charge in [0.2, 0.25) is 5.91 Å². The maximum Gasteiger partial charge on any atom is 0.230 e. The number of nitrogens with zero attached hydrogens (tertiary/aromatic N) is 2. The Bertz CT molecular complexity index is 864. The number of carbonyl (C=O) groups excluding carboxylic acids is 1. The van der Waals surface area contributed by atoms with Gasteiger partial charge in [-0.1, -0.05) is 25.1 Å². The number of amides is 1. The van der Waals surface area contributed by atoms with E-state index in [1.165, 1.54) is 0 Å². The third kappa shape index (κ3) is 3.26. The van der Waals surface area contributed by atoms with E-state index in [1.807, 2.05) is 54.9 Å². The molecular formula is C19H21N3O. The Balaban J connectivity index is 1.79. The lowest BCUT2D eigenvalue weighted by atomic mass is 10.1. The first-order valence-electron chi connectivity index (χ1n) is 7.89. The van der Waals surface area contributed by atoms with E-state index in [9.17, 15) is 4.79 Å². The lowest BCUT2D eigenvalue weighted by Crippen LogP contribution is -2.16. The molecule has 2 aromatic heterocycles. The number of rotatable bonds is 4. The van der Waals surface area contributed by atoms with Crippen LogP contribution in [0.3, 0.4) is 0 Å². The summed E-state index contributed by atoms with van der Waals surface area (Å²) in [6, 6.07) is 10.1. The average Bonchev–Trinajstić information content (AvgIpc) is 2.90. The van der Waals surface area contributed by atoms with Crippen molar-refractivity contribution in [2.45, 2.75) is 33.6 Å². The van der Waals surface area contributed by atoms with E-state index in [0.717, 1.165) is 40.1 Å². The minimum Gasteiger partial charge on any atom is -0.325 e. The number of imidazole rings is 1. The molecule has 0 aliphatic heterocycles.